The molecule has 0 saturated carbocycles. The van der Waals surface area contributed by atoms with Gasteiger partial charge < -0.3 is 9.47 Å². The lowest BCUT2D eigenvalue weighted by molar-refractivity contribution is -0.135. The summed E-state index contributed by atoms with van der Waals surface area (Å²) in [5, 5.41) is 0. The van der Waals surface area contributed by atoms with Crippen molar-refractivity contribution in [3.63, 3.8) is 0 Å². The molecule has 0 bridgehead atoms. The Morgan fingerprint density at radius 1 is 0.786 bits per heavy atom. The highest BCUT2D eigenvalue weighted by molar-refractivity contribution is 6.40. The van der Waals surface area contributed by atoms with Crippen LogP contribution in [0.4, 0.5) is 0 Å². The largest absolute Gasteiger partial charge is 0.485 e. The molecule has 3 rings (SSSR count). The van der Waals surface area contributed by atoms with E-state index in [0.29, 0.717) is 11.3 Å². The third-order valence-corrected chi connectivity index (χ3v) is 4.17. The molecule has 3 aromatic rings. The van der Waals surface area contributed by atoms with Crippen LogP contribution in [0.25, 0.3) is 11.1 Å². The highest BCUT2D eigenvalue weighted by Crippen LogP contribution is 2.24. The SMILES string of the molecule is COC(=O)C(=O)c1ccc(OCC(=O)c2ccccc2-c2ccccc2)cc1. The zero-order valence-electron chi connectivity index (χ0n) is 15.3. The Morgan fingerprint density at radius 3 is 2.11 bits per heavy atom. The number of carbonyl (C=O) groups excluding carboxylic acids is 3. The monoisotopic (exact) mass is 374 g/mol. The number of rotatable bonds is 7. The molecule has 0 aliphatic heterocycles. The first-order chi connectivity index (χ1) is 13.6. The molecule has 0 heterocycles. The summed E-state index contributed by atoms with van der Waals surface area (Å²) in [5.41, 5.74) is 2.57. The lowest BCUT2D eigenvalue weighted by Crippen LogP contribution is -2.15. The first kappa shape index (κ1) is 19.0. The first-order valence-electron chi connectivity index (χ1n) is 8.63. The molecule has 0 saturated heterocycles. The fourth-order valence-electron chi connectivity index (χ4n) is 2.74. The summed E-state index contributed by atoms with van der Waals surface area (Å²) in [6.07, 6.45) is 0. The minimum atomic E-state index is -0.929. The van der Waals surface area contributed by atoms with Crippen molar-refractivity contribution in [1.29, 1.82) is 0 Å². The Labute approximate surface area is 162 Å². The molecule has 0 spiro atoms. The third-order valence-electron chi connectivity index (χ3n) is 4.17. The van der Waals surface area contributed by atoms with Gasteiger partial charge in [-0.05, 0) is 35.4 Å². The highest BCUT2D eigenvalue weighted by atomic mass is 16.5. The topological polar surface area (TPSA) is 69.7 Å². The minimum Gasteiger partial charge on any atom is -0.485 e. The molecule has 0 aromatic heterocycles. The third kappa shape index (κ3) is 4.32. The zero-order chi connectivity index (χ0) is 19.9. The fourth-order valence-corrected chi connectivity index (χ4v) is 2.74. The van der Waals surface area contributed by atoms with Crippen molar-refractivity contribution in [2.45, 2.75) is 0 Å². The molecule has 28 heavy (non-hydrogen) atoms. The van der Waals surface area contributed by atoms with E-state index < -0.39 is 11.8 Å². The van der Waals surface area contributed by atoms with E-state index in [1.54, 1.807) is 6.07 Å². The Morgan fingerprint density at radius 2 is 1.43 bits per heavy atom. The lowest BCUT2D eigenvalue weighted by Gasteiger charge is -2.10. The van der Waals surface area contributed by atoms with Crippen LogP contribution in [0.15, 0.2) is 78.9 Å². The number of esters is 1. The number of hydrogen-bond donors (Lipinski definition) is 0. The molecule has 0 fully saturated rings. The highest BCUT2D eigenvalue weighted by Gasteiger charge is 2.17. The molecule has 0 atom stereocenters. The Bertz CT molecular complexity index is 991. The van der Waals surface area contributed by atoms with Crippen LogP contribution < -0.4 is 4.74 Å². The summed E-state index contributed by atoms with van der Waals surface area (Å²) in [4.78, 5) is 35.7. The van der Waals surface area contributed by atoms with E-state index in [-0.39, 0.29) is 18.0 Å². The van der Waals surface area contributed by atoms with Gasteiger partial charge in [0.25, 0.3) is 5.78 Å². The van der Waals surface area contributed by atoms with Crippen LogP contribution in [0.5, 0.6) is 5.75 Å². The maximum atomic E-state index is 12.7. The minimum absolute atomic E-state index is 0.145. The number of methoxy groups -OCH3 is 1. The van der Waals surface area contributed by atoms with Crippen molar-refractivity contribution in [3.05, 3.63) is 90.0 Å². The predicted molar refractivity (Wildman–Crippen MR) is 104 cm³/mol. The van der Waals surface area contributed by atoms with Crippen molar-refractivity contribution < 1.29 is 23.9 Å². The van der Waals surface area contributed by atoms with E-state index in [4.69, 9.17) is 4.74 Å². The molecule has 0 N–H and O–H groups in total. The van der Waals surface area contributed by atoms with Gasteiger partial charge in [-0.25, -0.2) is 4.79 Å². The van der Waals surface area contributed by atoms with E-state index in [1.165, 1.54) is 24.3 Å². The summed E-state index contributed by atoms with van der Waals surface area (Å²) < 4.78 is 9.97. The molecule has 0 aliphatic rings. The van der Waals surface area contributed by atoms with Crippen molar-refractivity contribution in [1.82, 2.24) is 0 Å². The first-order valence-corrected chi connectivity index (χ1v) is 8.63. The normalized spacial score (nSPS) is 10.2. The lowest BCUT2D eigenvalue weighted by atomic mass is 9.97. The van der Waals surface area contributed by atoms with E-state index >= 15 is 0 Å². The summed E-state index contributed by atoms with van der Waals surface area (Å²) in [5.74, 6) is -1.40. The molecule has 5 nitrogen and oxygen atoms in total. The molecule has 0 unspecified atom stereocenters. The van der Waals surface area contributed by atoms with Crippen LogP contribution in [-0.2, 0) is 9.53 Å². The van der Waals surface area contributed by atoms with Crippen molar-refractivity contribution in [3.8, 4) is 16.9 Å². The second-order valence-electron chi connectivity index (χ2n) is 5.97. The summed E-state index contributed by atoms with van der Waals surface area (Å²) in [6.45, 7) is -0.145. The zero-order valence-corrected chi connectivity index (χ0v) is 15.3. The number of carbonyl (C=O) groups is 3. The molecule has 140 valence electrons. The van der Waals surface area contributed by atoms with Crippen LogP contribution in [0.1, 0.15) is 20.7 Å². The molecular weight excluding hydrogens is 356 g/mol. The molecular formula is C23H18O5. The molecule has 0 radical (unpaired) electrons. The van der Waals surface area contributed by atoms with Crippen molar-refractivity contribution >= 4 is 17.5 Å². The molecule has 3 aromatic carbocycles. The van der Waals surface area contributed by atoms with E-state index in [2.05, 4.69) is 4.74 Å². The van der Waals surface area contributed by atoms with Gasteiger partial charge in [-0.3, -0.25) is 9.59 Å². The van der Waals surface area contributed by atoms with Crippen LogP contribution in [0.2, 0.25) is 0 Å². The fraction of sp³-hybridized carbons (Fsp3) is 0.0870. The van der Waals surface area contributed by atoms with Crippen LogP contribution >= 0.6 is 0 Å². The van der Waals surface area contributed by atoms with Gasteiger partial charge >= 0.3 is 5.97 Å². The van der Waals surface area contributed by atoms with Gasteiger partial charge in [0.15, 0.2) is 6.61 Å². The van der Waals surface area contributed by atoms with Gasteiger partial charge in [-0.2, -0.15) is 0 Å². The Kier molecular flexibility index (Phi) is 5.97. The van der Waals surface area contributed by atoms with Gasteiger partial charge in [-0.1, -0.05) is 54.6 Å². The second-order valence-corrected chi connectivity index (χ2v) is 5.97. The van der Waals surface area contributed by atoms with Crippen molar-refractivity contribution in [2.24, 2.45) is 0 Å². The van der Waals surface area contributed by atoms with Gasteiger partial charge in [0.05, 0.1) is 7.11 Å². The quantitative estimate of drug-likeness (QED) is 0.356. The number of ether oxygens (including phenoxy) is 2. The van der Waals surface area contributed by atoms with Gasteiger partial charge in [0.2, 0.25) is 5.78 Å². The average molecular weight is 374 g/mol. The summed E-state index contributed by atoms with van der Waals surface area (Å²) in [7, 11) is 1.15. The van der Waals surface area contributed by atoms with Gasteiger partial charge in [-0.15, -0.1) is 0 Å². The standard InChI is InChI=1S/C23H18O5/c1-27-23(26)22(25)17-11-13-18(14-12-17)28-15-21(24)20-10-6-5-9-19(20)16-7-3-2-4-8-16/h2-14H,15H2,1H3. The number of benzene rings is 3. The van der Waals surface area contributed by atoms with Crippen LogP contribution in [0, 0.1) is 0 Å². The maximum absolute atomic E-state index is 12.7. The Balaban J connectivity index is 1.70. The molecule has 0 amide bonds. The number of hydrogen-bond acceptors (Lipinski definition) is 5. The van der Waals surface area contributed by atoms with Gasteiger partial charge in [0, 0.05) is 11.1 Å². The maximum Gasteiger partial charge on any atom is 0.379 e. The summed E-state index contributed by atoms with van der Waals surface area (Å²) >= 11 is 0. The molecule has 5 heteroatoms. The summed E-state index contributed by atoms with van der Waals surface area (Å²) in [6, 6.07) is 23.0. The van der Waals surface area contributed by atoms with Crippen molar-refractivity contribution in [2.75, 3.05) is 13.7 Å². The van der Waals surface area contributed by atoms with E-state index in [0.717, 1.165) is 18.2 Å². The number of ketones is 2. The predicted octanol–water partition coefficient (Wildman–Crippen LogP) is 3.97. The average Bonchev–Trinajstić information content (AvgIpc) is 2.77. The smallest absolute Gasteiger partial charge is 0.379 e. The van der Waals surface area contributed by atoms with Crippen LogP contribution in [0.3, 0.4) is 0 Å². The van der Waals surface area contributed by atoms with Crippen LogP contribution in [-0.4, -0.2) is 31.3 Å². The second kappa shape index (κ2) is 8.77. The van der Waals surface area contributed by atoms with Gasteiger partial charge in [0.1, 0.15) is 5.75 Å². The van der Waals surface area contributed by atoms with E-state index in [9.17, 15) is 14.4 Å². The molecule has 0 aliphatic carbocycles. The Hall–Kier alpha value is -3.73. The van der Waals surface area contributed by atoms with E-state index in [1.807, 2.05) is 48.5 Å². The number of Topliss-reactive ketones (excluding diaryl/α,β-unsaturated/α-hetero) is 2.